The van der Waals surface area contributed by atoms with Gasteiger partial charge in [-0.3, -0.25) is 4.79 Å². The van der Waals surface area contributed by atoms with Crippen molar-refractivity contribution in [1.29, 1.82) is 0 Å². The van der Waals surface area contributed by atoms with Gasteiger partial charge in [-0.1, -0.05) is 26.2 Å². The number of amides is 1. The van der Waals surface area contributed by atoms with Crippen LogP contribution in [-0.4, -0.2) is 49.7 Å². The number of unbranched alkanes of at least 4 members (excludes halogenated alkanes) is 3. The van der Waals surface area contributed by atoms with Gasteiger partial charge in [0, 0.05) is 7.05 Å². The second-order valence-corrected chi connectivity index (χ2v) is 4.31. The zero-order valence-electron chi connectivity index (χ0n) is 12.6. The van der Waals surface area contributed by atoms with E-state index in [1.165, 1.54) is 4.90 Å². The number of carbonyl (C=O) groups excluding carboxylic acids is 2. The van der Waals surface area contributed by atoms with Crippen LogP contribution < -0.4 is 5.73 Å². The first-order chi connectivity index (χ1) is 9.51. The second kappa shape index (κ2) is 11.1. The fraction of sp³-hybridized carbons (Fsp3) is 0.769. The van der Waals surface area contributed by atoms with Gasteiger partial charge >= 0.3 is 12.1 Å². The Kier molecular flexibility index (Phi) is 10.1. The molecule has 0 aliphatic carbocycles. The first-order valence-electron chi connectivity index (χ1n) is 6.88. The average molecular weight is 287 g/mol. The lowest BCUT2D eigenvalue weighted by molar-refractivity contribution is -0.143. The van der Waals surface area contributed by atoms with E-state index in [1.54, 1.807) is 14.0 Å². The third-order valence-electron chi connectivity index (χ3n) is 2.49. The van der Waals surface area contributed by atoms with E-state index in [0.29, 0.717) is 13.2 Å². The predicted molar refractivity (Wildman–Crippen MR) is 76.4 cm³/mol. The van der Waals surface area contributed by atoms with Crippen LogP contribution in [0.1, 0.15) is 39.5 Å². The minimum atomic E-state index is -0.741. The molecule has 7 heteroatoms. The molecule has 7 nitrogen and oxygen atoms in total. The summed E-state index contributed by atoms with van der Waals surface area (Å²) in [5.74, 6) is -0.502. The zero-order valence-corrected chi connectivity index (χ0v) is 12.6. The molecule has 0 spiro atoms. The van der Waals surface area contributed by atoms with E-state index >= 15 is 0 Å². The number of esters is 1. The molecule has 20 heavy (non-hydrogen) atoms. The van der Waals surface area contributed by atoms with E-state index in [4.69, 9.17) is 15.2 Å². The summed E-state index contributed by atoms with van der Waals surface area (Å²) in [5, 5.41) is 0. The highest BCUT2D eigenvalue weighted by Crippen LogP contribution is 1.99. The lowest BCUT2D eigenvalue weighted by Gasteiger charge is -2.16. The third-order valence-corrected chi connectivity index (χ3v) is 2.49. The third kappa shape index (κ3) is 9.18. The van der Waals surface area contributed by atoms with Gasteiger partial charge in [0.15, 0.2) is 0 Å². The first-order valence-corrected chi connectivity index (χ1v) is 6.88. The number of nitrogens with two attached hydrogens (primary N) is 1. The van der Waals surface area contributed by atoms with Crippen LogP contribution in [0.3, 0.4) is 0 Å². The SMILES string of the molecule is CCCCCCOC(=O)N=C(N)N(C)CC(=O)OCC. The number of carbonyl (C=O) groups is 2. The van der Waals surface area contributed by atoms with Gasteiger partial charge in [0.05, 0.1) is 13.2 Å². The van der Waals surface area contributed by atoms with E-state index < -0.39 is 12.1 Å². The van der Waals surface area contributed by atoms with Gasteiger partial charge in [-0.25, -0.2) is 4.79 Å². The van der Waals surface area contributed by atoms with Crippen molar-refractivity contribution in [2.24, 2.45) is 10.7 Å². The monoisotopic (exact) mass is 287 g/mol. The molecule has 0 saturated carbocycles. The summed E-state index contributed by atoms with van der Waals surface area (Å²) in [6.07, 6.45) is 3.33. The number of ether oxygens (including phenoxy) is 2. The smallest absolute Gasteiger partial charge is 0.436 e. The van der Waals surface area contributed by atoms with Gasteiger partial charge in [-0.15, -0.1) is 4.99 Å². The van der Waals surface area contributed by atoms with Crippen molar-refractivity contribution in [1.82, 2.24) is 4.90 Å². The zero-order chi connectivity index (χ0) is 15.4. The van der Waals surface area contributed by atoms with Crippen LogP contribution >= 0.6 is 0 Å². The standard InChI is InChI=1S/C13H25N3O4/c1-4-6-7-8-9-20-13(18)15-12(14)16(3)10-11(17)19-5-2/h4-10H2,1-3H3,(H2,14,15,18). The number of nitrogens with zero attached hydrogens (tertiary/aromatic N) is 2. The van der Waals surface area contributed by atoms with E-state index in [-0.39, 0.29) is 12.5 Å². The molecule has 2 N–H and O–H groups in total. The summed E-state index contributed by atoms with van der Waals surface area (Å²) in [7, 11) is 1.55. The van der Waals surface area contributed by atoms with Crippen molar-refractivity contribution in [3.8, 4) is 0 Å². The molecule has 1 amide bonds. The van der Waals surface area contributed by atoms with Gasteiger partial charge < -0.3 is 20.1 Å². The van der Waals surface area contributed by atoms with Crippen molar-refractivity contribution in [2.75, 3.05) is 26.8 Å². The van der Waals surface area contributed by atoms with Crippen molar-refractivity contribution >= 4 is 18.0 Å². The summed E-state index contributed by atoms with van der Waals surface area (Å²) >= 11 is 0. The number of aliphatic imine (C=N–C) groups is 1. The van der Waals surface area contributed by atoms with E-state index in [2.05, 4.69) is 11.9 Å². The summed E-state index contributed by atoms with van der Waals surface area (Å²) in [5.41, 5.74) is 5.58. The minimum absolute atomic E-state index is 0.0625. The van der Waals surface area contributed by atoms with Crippen molar-refractivity contribution in [3.63, 3.8) is 0 Å². The lowest BCUT2D eigenvalue weighted by Crippen LogP contribution is -2.39. The molecule has 0 heterocycles. The highest BCUT2D eigenvalue weighted by Gasteiger charge is 2.11. The van der Waals surface area contributed by atoms with Crippen LogP contribution in [0.25, 0.3) is 0 Å². The Morgan fingerprint density at radius 1 is 1.15 bits per heavy atom. The predicted octanol–water partition coefficient (Wildman–Crippen LogP) is 1.51. The molecule has 0 aliphatic rings. The van der Waals surface area contributed by atoms with E-state index in [1.807, 2.05) is 0 Å². The van der Waals surface area contributed by atoms with Gasteiger partial charge in [0.2, 0.25) is 5.96 Å². The molecule has 0 aromatic heterocycles. The summed E-state index contributed by atoms with van der Waals surface area (Å²) < 4.78 is 9.68. The maximum Gasteiger partial charge on any atom is 0.436 e. The maximum absolute atomic E-state index is 11.4. The molecule has 116 valence electrons. The van der Waals surface area contributed by atoms with Crippen LogP contribution in [0, 0.1) is 0 Å². The quantitative estimate of drug-likeness (QED) is 0.315. The average Bonchev–Trinajstić information content (AvgIpc) is 2.38. The van der Waals surface area contributed by atoms with Gasteiger partial charge in [-0.2, -0.15) is 0 Å². The van der Waals surface area contributed by atoms with Crippen LogP contribution in [0.4, 0.5) is 4.79 Å². The van der Waals surface area contributed by atoms with Gasteiger partial charge in [0.1, 0.15) is 6.54 Å². The molecule has 0 atom stereocenters. The fourth-order valence-corrected chi connectivity index (χ4v) is 1.38. The van der Waals surface area contributed by atoms with Crippen molar-refractivity contribution < 1.29 is 19.1 Å². The molecule has 0 fully saturated rings. The largest absolute Gasteiger partial charge is 0.465 e. The molecule has 0 saturated heterocycles. The molecule has 0 radical (unpaired) electrons. The molecule has 0 rings (SSSR count). The van der Waals surface area contributed by atoms with Gasteiger partial charge in [0.25, 0.3) is 0 Å². The molecule has 0 aliphatic heterocycles. The summed E-state index contributed by atoms with van der Waals surface area (Å²) in [6, 6.07) is 0. The number of guanidine groups is 1. The maximum atomic E-state index is 11.4. The number of hydrogen-bond donors (Lipinski definition) is 1. The first kappa shape index (κ1) is 18.2. The molecular formula is C13H25N3O4. The number of likely N-dealkylation sites (N-methyl/N-ethyl adjacent to an activating group) is 1. The van der Waals surface area contributed by atoms with Crippen LogP contribution in [-0.2, 0) is 14.3 Å². The molecule has 0 aromatic carbocycles. The number of rotatable bonds is 8. The lowest BCUT2D eigenvalue weighted by atomic mass is 10.2. The Bertz CT molecular complexity index is 332. The highest BCUT2D eigenvalue weighted by atomic mass is 16.5. The number of hydrogen-bond acceptors (Lipinski definition) is 4. The van der Waals surface area contributed by atoms with Gasteiger partial charge in [-0.05, 0) is 13.3 Å². The Balaban J connectivity index is 4.01. The molecular weight excluding hydrogens is 262 g/mol. The van der Waals surface area contributed by atoms with E-state index in [9.17, 15) is 9.59 Å². The van der Waals surface area contributed by atoms with Crippen molar-refractivity contribution in [3.05, 3.63) is 0 Å². The van der Waals surface area contributed by atoms with Crippen LogP contribution in [0.15, 0.2) is 4.99 Å². The Hall–Kier alpha value is -1.79. The summed E-state index contributed by atoms with van der Waals surface area (Å²) in [4.78, 5) is 27.5. The minimum Gasteiger partial charge on any atom is -0.465 e. The fourth-order valence-electron chi connectivity index (χ4n) is 1.38. The van der Waals surface area contributed by atoms with Crippen LogP contribution in [0.2, 0.25) is 0 Å². The Labute approximate surface area is 120 Å². The topological polar surface area (TPSA) is 94.2 Å². The summed E-state index contributed by atoms with van der Waals surface area (Å²) in [6.45, 7) is 4.38. The highest BCUT2D eigenvalue weighted by molar-refractivity contribution is 5.90. The van der Waals surface area contributed by atoms with Crippen molar-refractivity contribution in [2.45, 2.75) is 39.5 Å². The van der Waals surface area contributed by atoms with Crippen LogP contribution in [0.5, 0.6) is 0 Å². The molecule has 0 unspecified atom stereocenters. The Morgan fingerprint density at radius 2 is 1.85 bits per heavy atom. The normalized spacial score (nSPS) is 11.1. The molecule has 0 aromatic rings. The second-order valence-electron chi connectivity index (χ2n) is 4.31. The Morgan fingerprint density at radius 3 is 2.45 bits per heavy atom. The van der Waals surface area contributed by atoms with E-state index in [0.717, 1.165) is 25.7 Å². The molecule has 0 bridgehead atoms.